The highest BCUT2D eigenvalue weighted by Crippen LogP contribution is 2.29. The Morgan fingerprint density at radius 2 is 2.24 bits per heavy atom. The Kier molecular flexibility index (Phi) is 4.22. The molecule has 1 aromatic carbocycles. The van der Waals surface area contributed by atoms with Gasteiger partial charge in [-0.1, -0.05) is 12.1 Å². The smallest absolute Gasteiger partial charge is 0.251 e. The minimum atomic E-state index is -0.370. The van der Waals surface area contributed by atoms with E-state index in [1.165, 1.54) is 12.8 Å². The lowest BCUT2D eigenvalue weighted by molar-refractivity contribution is -0.142. The molecular formula is C16H20N2O2S. The number of thiazole rings is 1. The number of ether oxygens (including phenoxy) is 1. The second-order valence-corrected chi connectivity index (χ2v) is 6.80. The number of amides is 1. The van der Waals surface area contributed by atoms with Crippen LogP contribution in [0, 0.1) is 5.92 Å². The van der Waals surface area contributed by atoms with E-state index in [0.717, 1.165) is 15.2 Å². The zero-order valence-electron chi connectivity index (χ0n) is 12.4. The summed E-state index contributed by atoms with van der Waals surface area (Å²) in [5.74, 6) is 0.699. The zero-order chi connectivity index (χ0) is 14.8. The maximum Gasteiger partial charge on any atom is 0.251 e. The molecule has 1 aliphatic carbocycles. The maximum atomic E-state index is 12.3. The van der Waals surface area contributed by atoms with Crippen molar-refractivity contribution in [3.8, 4) is 0 Å². The third-order valence-corrected chi connectivity index (χ3v) is 4.73. The van der Waals surface area contributed by atoms with Crippen LogP contribution in [0.5, 0.6) is 0 Å². The molecule has 1 fully saturated rings. The topological polar surface area (TPSA) is 42.4 Å². The Labute approximate surface area is 128 Å². The second-order valence-electron chi connectivity index (χ2n) is 5.69. The maximum absolute atomic E-state index is 12.3. The molecule has 1 heterocycles. The van der Waals surface area contributed by atoms with Crippen molar-refractivity contribution < 1.29 is 9.53 Å². The van der Waals surface area contributed by atoms with Crippen LogP contribution in [0.4, 0.5) is 0 Å². The van der Waals surface area contributed by atoms with Gasteiger partial charge >= 0.3 is 0 Å². The number of para-hydroxylation sites is 1. The van der Waals surface area contributed by atoms with Gasteiger partial charge in [0.25, 0.3) is 5.91 Å². The summed E-state index contributed by atoms with van der Waals surface area (Å²) < 4.78 is 6.80. The van der Waals surface area contributed by atoms with Crippen molar-refractivity contribution in [1.29, 1.82) is 0 Å². The Hall–Kier alpha value is -1.46. The SMILES string of the molecule is CC(OCC1CC1)C(=O)N(C)Cc1nc2ccccc2s1. The molecule has 5 heteroatoms. The number of nitrogens with zero attached hydrogens (tertiary/aromatic N) is 2. The number of carbonyl (C=O) groups excluding carboxylic acids is 1. The molecule has 2 aromatic rings. The van der Waals surface area contributed by atoms with Gasteiger partial charge in [0.05, 0.1) is 23.4 Å². The van der Waals surface area contributed by atoms with E-state index in [-0.39, 0.29) is 12.0 Å². The molecule has 4 nitrogen and oxygen atoms in total. The van der Waals surface area contributed by atoms with Crippen molar-refractivity contribution >= 4 is 27.5 Å². The largest absolute Gasteiger partial charge is 0.368 e. The molecule has 1 amide bonds. The van der Waals surface area contributed by atoms with Crippen LogP contribution >= 0.6 is 11.3 Å². The Morgan fingerprint density at radius 1 is 1.48 bits per heavy atom. The second kappa shape index (κ2) is 6.12. The highest BCUT2D eigenvalue weighted by Gasteiger charge is 2.25. The van der Waals surface area contributed by atoms with Crippen molar-refractivity contribution in [2.24, 2.45) is 5.92 Å². The molecule has 112 valence electrons. The van der Waals surface area contributed by atoms with E-state index in [0.29, 0.717) is 19.1 Å². The van der Waals surface area contributed by atoms with Crippen molar-refractivity contribution in [3.63, 3.8) is 0 Å². The van der Waals surface area contributed by atoms with Crippen LogP contribution in [0.3, 0.4) is 0 Å². The van der Waals surface area contributed by atoms with E-state index in [4.69, 9.17) is 4.74 Å². The predicted molar refractivity (Wildman–Crippen MR) is 84.2 cm³/mol. The molecule has 0 aliphatic heterocycles. The number of hydrogen-bond donors (Lipinski definition) is 0. The normalized spacial score (nSPS) is 16.1. The minimum Gasteiger partial charge on any atom is -0.368 e. The van der Waals surface area contributed by atoms with Gasteiger partial charge in [-0.25, -0.2) is 4.98 Å². The Balaban J connectivity index is 1.58. The van der Waals surface area contributed by atoms with Crippen molar-refractivity contribution in [2.75, 3.05) is 13.7 Å². The summed E-state index contributed by atoms with van der Waals surface area (Å²) in [7, 11) is 1.81. The van der Waals surface area contributed by atoms with Gasteiger partial charge in [-0.2, -0.15) is 0 Å². The number of benzene rings is 1. The van der Waals surface area contributed by atoms with Crippen LogP contribution in [-0.2, 0) is 16.1 Å². The average molecular weight is 304 g/mol. The predicted octanol–water partition coefficient (Wildman–Crippen LogP) is 3.07. The highest BCUT2D eigenvalue weighted by molar-refractivity contribution is 7.18. The molecular weight excluding hydrogens is 284 g/mol. The van der Waals surface area contributed by atoms with Crippen LogP contribution in [0.2, 0.25) is 0 Å². The van der Waals surface area contributed by atoms with E-state index < -0.39 is 0 Å². The third-order valence-electron chi connectivity index (χ3n) is 3.71. The third kappa shape index (κ3) is 3.60. The average Bonchev–Trinajstić information content (AvgIpc) is 3.22. The zero-order valence-corrected chi connectivity index (χ0v) is 13.2. The van der Waals surface area contributed by atoms with Gasteiger partial charge < -0.3 is 9.64 Å². The lowest BCUT2D eigenvalue weighted by Crippen LogP contribution is -2.36. The van der Waals surface area contributed by atoms with Gasteiger partial charge in [0.1, 0.15) is 11.1 Å². The Morgan fingerprint density at radius 3 is 2.95 bits per heavy atom. The molecule has 1 saturated carbocycles. The molecule has 1 atom stereocenters. The lowest BCUT2D eigenvalue weighted by atomic mass is 10.3. The molecule has 21 heavy (non-hydrogen) atoms. The summed E-state index contributed by atoms with van der Waals surface area (Å²) in [6, 6.07) is 8.04. The molecule has 1 aromatic heterocycles. The van der Waals surface area contributed by atoms with Gasteiger partial charge in [-0.3, -0.25) is 4.79 Å². The molecule has 0 N–H and O–H groups in total. The summed E-state index contributed by atoms with van der Waals surface area (Å²) >= 11 is 1.64. The van der Waals surface area contributed by atoms with E-state index in [1.807, 2.05) is 32.2 Å². The van der Waals surface area contributed by atoms with Crippen LogP contribution < -0.4 is 0 Å². The number of fused-ring (bicyclic) bond motifs is 1. The molecule has 0 bridgehead atoms. The first-order valence-corrected chi connectivity index (χ1v) is 8.16. The summed E-state index contributed by atoms with van der Waals surface area (Å²) in [4.78, 5) is 18.5. The van der Waals surface area contributed by atoms with Crippen LogP contribution in [0.1, 0.15) is 24.8 Å². The monoisotopic (exact) mass is 304 g/mol. The Bertz CT molecular complexity index is 603. The van der Waals surface area contributed by atoms with E-state index in [2.05, 4.69) is 11.1 Å². The number of rotatable bonds is 6. The summed E-state index contributed by atoms with van der Waals surface area (Å²) in [5.41, 5.74) is 0.997. The fourth-order valence-electron chi connectivity index (χ4n) is 2.21. The van der Waals surface area contributed by atoms with Gasteiger partial charge in [0.2, 0.25) is 0 Å². The van der Waals surface area contributed by atoms with E-state index in [1.54, 1.807) is 16.2 Å². The quantitative estimate of drug-likeness (QED) is 0.823. The summed E-state index contributed by atoms with van der Waals surface area (Å²) in [6.45, 7) is 3.08. The molecule has 1 aliphatic rings. The van der Waals surface area contributed by atoms with Crippen LogP contribution in [0.25, 0.3) is 10.2 Å². The summed E-state index contributed by atoms with van der Waals surface area (Å²) in [5, 5.41) is 0.960. The van der Waals surface area contributed by atoms with Gasteiger partial charge in [-0.05, 0) is 37.8 Å². The summed E-state index contributed by atoms with van der Waals surface area (Å²) in [6.07, 6.45) is 2.11. The van der Waals surface area contributed by atoms with Crippen LogP contribution in [0.15, 0.2) is 24.3 Å². The van der Waals surface area contributed by atoms with E-state index in [9.17, 15) is 4.79 Å². The standard InChI is InChI=1S/C16H20N2O2S/c1-11(20-10-12-7-8-12)16(19)18(2)9-15-17-13-5-3-4-6-14(13)21-15/h3-6,11-12H,7-10H2,1-2H3. The fraction of sp³-hybridized carbons (Fsp3) is 0.500. The number of aromatic nitrogens is 1. The van der Waals surface area contributed by atoms with Crippen molar-refractivity contribution in [3.05, 3.63) is 29.3 Å². The molecule has 0 spiro atoms. The van der Waals surface area contributed by atoms with Gasteiger partial charge in [0.15, 0.2) is 0 Å². The van der Waals surface area contributed by atoms with Gasteiger partial charge in [-0.15, -0.1) is 11.3 Å². The van der Waals surface area contributed by atoms with Gasteiger partial charge in [0, 0.05) is 7.05 Å². The number of hydrogen-bond acceptors (Lipinski definition) is 4. The molecule has 0 saturated heterocycles. The first-order valence-electron chi connectivity index (χ1n) is 7.34. The highest BCUT2D eigenvalue weighted by atomic mass is 32.1. The molecule has 1 unspecified atom stereocenters. The first-order chi connectivity index (χ1) is 10.1. The van der Waals surface area contributed by atoms with Crippen LogP contribution in [-0.4, -0.2) is 35.5 Å². The fourth-order valence-corrected chi connectivity index (χ4v) is 3.24. The number of carbonyl (C=O) groups is 1. The van der Waals surface area contributed by atoms with E-state index >= 15 is 0 Å². The minimum absolute atomic E-state index is 0.0231. The molecule has 0 radical (unpaired) electrons. The van der Waals surface area contributed by atoms with Crippen molar-refractivity contribution in [1.82, 2.24) is 9.88 Å². The number of likely N-dealkylation sites (N-methyl/N-ethyl adjacent to an activating group) is 1. The first kappa shape index (κ1) is 14.5. The lowest BCUT2D eigenvalue weighted by Gasteiger charge is -2.20. The van der Waals surface area contributed by atoms with Crippen molar-refractivity contribution in [2.45, 2.75) is 32.4 Å². The molecule has 3 rings (SSSR count).